The monoisotopic (exact) mass is 242 g/mol. The molecule has 0 aliphatic heterocycles. The van der Waals surface area contributed by atoms with E-state index < -0.39 is 5.82 Å². The zero-order chi connectivity index (χ0) is 13.0. The van der Waals surface area contributed by atoms with Gasteiger partial charge in [0, 0.05) is 24.5 Å². The summed E-state index contributed by atoms with van der Waals surface area (Å²) < 4.78 is 13.6. The first-order valence-electron chi connectivity index (χ1n) is 5.40. The van der Waals surface area contributed by atoms with Gasteiger partial charge in [0.25, 0.3) is 0 Å². The number of nitrogens with zero attached hydrogens (tertiary/aromatic N) is 3. The van der Waals surface area contributed by atoms with Gasteiger partial charge in [-0.1, -0.05) is 6.07 Å². The third-order valence-corrected chi connectivity index (χ3v) is 2.51. The smallest absolute Gasteiger partial charge is 0.147 e. The molecule has 1 aromatic heterocycles. The molecule has 0 bridgehead atoms. The summed E-state index contributed by atoms with van der Waals surface area (Å²) in [5, 5.41) is 11.7. The van der Waals surface area contributed by atoms with Crippen LogP contribution in [0.3, 0.4) is 0 Å². The van der Waals surface area contributed by atoms with Crippen LogP contribution >= 0.6 is 0 Å². The van der Waals surface area contributed by atoms with Crippen LogP contribution in [0.15, 0.2) is 30.6 Å². The molecule has 2 rings (SSSR count). The molecule has 90 valence electrons. The SMILES string of the molecule is Cc1nccnc1NCc1ccc(C#N)cc1F. The molecule has 4 nitrogen and oxygen atoms in total. The third-order valence-electron chi connectivity index (χ3n) is 2.51. The largest absolute Gasteiger partial charge is 0.364 e. The van der Waals surface area contributed by atoms with Crippen molar-refractivity contribution in [3.05, 3.63) is 53.2 Å². The fourth-order valence-electron chi connectivity index (χ4n) is 1.52. The molecule has 0 spiro atoms. The van der Waals surface area contributed by atoms with E-state index in [4.69, 9.17) is 5.26 Å². The van der Waals surface area contributed by atoms with Crippen molar-refractivity contribution < 1.29 is 4.39 Å². The number of nitriles is 1. The Morgan fingerprint density at radius 1 is 1.33 bits per heavy atom. The second-order valence-corrected chi connectivity index (χ2v) is 3.76. The van der Waals surface area contributed by atoms with Crippen LogP contribution in [0.2, 0.25) is 0 Å². The molecule has 0 fully saturated rings. The Labute approximate surface area is 104 Å². The van der Waals surface area contributed by atoms with E-state index in [-0.39, 0.29) is 0 Å². The summed E-state index contributed by atoms with van der Waals surface area (Å²) >= 11 is 0. The van der Waals surface area contributed by atoms with Crippen LogP contribution in [0.4, 0.5) is 10.2 Å². The molecule has 0 amide bonds. The van der Waals surface area contributed by atoms with Gasteiger partial charge in [0.2, 0.25) is 0 Å². The second-order valence-electron chi connectivity index (χ2n) is 3.76. The Bertz CT molecular complexity index is 604. The topological polar surface area (TPSA) is 61.6 Å². The summed E-state index contributed by atoms with van der Waals surface area (Å²) in [6.07, 6.45) is 3.17. The van der Waals surface area contributed by atoms with Crippen molar-refractivity contribution in [2.24, 2.45) is 0 Å². The molecular formula is C13H11FN4. The van der Waals surface area contributed by atoms with Crippen molar-refractivity contribution >= 4 is 5.82 Å². The lowest BCUT2D eigenvalue weighted by atomic mass is 10.1. The number of hydrogen-bond acceptors (Lipinski definition) is 4. The van der Waals surface area contributed by atoms with Gasteiger partial charge in [-0.3, -0.25) is 4.98 Å². The number of hydrogen-bond donors (Lipinski definition) is 1. The van der Waals surface area contributed by atoms with E-state index in [0.717, 1.165) is 5.69 Å². The molecule has 1 heterocycles. The van der Waals surface area contributed by atoms with E-state index in [1.54, 1.807) is 24.5 Å². The molecule has 0 aliphatic carbocycles. The molecule has 0 unspecified atom stereocenters. The standard InChI is InChI=1S/C13H11FN4/c1-9-13(17-5-4-16-9)18-8-11-3-2-10(7-15)6-12(11)14/h2-6H,8H2,1H3,(H,17,18). The van der Waals surface area contributed by atoms with E-state index >= 15 is 0 Å². The quantitative estimate of drug-likeness (QED) is 0.897. The molecule has 18 heavy (non-hydrogen) atoms. The van der Waals surface area contributed by atoms with Gasteiger partial charge in [0.15, 0.2) is 0 Å². The highest BCUT2D eigenvalue weighted by molar-refractivity contribution is 5.40. The maximum atomic E-state index is 13.6. The Hall–Kier alpha value is -2.48. The highest BCUT2D eigenvalue weighted by Crippen LogP contribution is 2.13. The van der Waals surface area contributed by atoms with E-state index in [0.29, 0.717) is 23.5 Å². The zero-order valence-electron chi connectivity index (χ0n) is 9.81. The molecule has 2 aromatic rings. The lowest BCUT2D eigenvalue weighted by Gasteiger charge is -2.08. The summed E-state index contributed by atoms with van der Waals surface area (Å²) in [5.41, 5.74) is 1.55. The summed E-state index contributed by atoms with van der Waals surface area (Å²) in [7, 11) is 0. The number of rotatable bonds is 3. The van der Waals surface area contributed by atoms with Crippen molar-refractivity contribution in [3.63, 3.8) is 0 Å². The summed E-state index contributed by atoms with van der Waals surface area (Å²) in [6.45, 7) is 2.13. The first kappa shape index (κ1) is 12.0. The molecule has 5 heteroatoms. The third kappa shape index (κ3) is 2.61. The Balaban J connectivity index is 2.12. The van der Waals surface area contributed by atoms with Gasteiger partial charge in [0.05, 0.1) is 17.3 Å². The van der Waals surface area contributed by atoms with Gasteiger partial charge in [-0.25, -0.2) is 9.37 Å². The number of aryl methyl sites for hydroxylation is 1. The zero-order valence-corrected chi connectivity index (χ0v) is 9.81. The summed E-state index contributed by atoms with van der Waals surface area (Å²) in [4.78, 5) is 8.19. The Morgan fingerprint density at radius 2 is 2.11 bits per heavy atom. The number of aromatic nitrogens is 2. The normalized spacial score (nSPS) is 9.83. The fourth-order valence-corrected chi connectivity index (χ4v) is 1.52. The molecule has 0 radical (unpaired) electrons. The van der Waals surface area contributed by atoms with E-state index in [2.05, 4.69) is 15.3 Å². The highest BCUT2D eigenvalue weighted by atomic mass is 19.1. The first-order chi connectivity index (χ1) is 8.70. The predicted octanol–water partition coefficient (Wildman–Crippen LogP) is 2.41. The van der Waals surface area contributed by atoms with Crippen molar-refractivity contribution in [2.75, 3.05) is 5.32 Å². The minimum Gasteiger partial charge on any atom is -0.364 e. The first-order valence-corrected chi connectivity index (χ1v) is 5.40. The summed E-state index contributed by atoms with van der Waals surface area (Å²) in [5.74, 6) is 0.226. The van der Waals surface area contributed by atoms with Crippen molar-refractivity contribution in [2.45, 2.75) is 13.5 Å². The van der Waals surface area contributed by atoms with Crippen LogP contribution < -0.4 is 5.32 Å². The van der Waals surface area contributed by atoms with E-state index in [1.807, 2.05) is 13.0 Å². The summed E-state index contributed by atoms with van der Waals surface area (Å²) in [6, 6.07) is 6.29. The van der Waals surface area contributed by atoms with Crippen molar-refractivity contribution in [1.29, 1.82) is 5.26 Å². The highest BCUT2D eigenvalue weighted by Gasteiger charge is 2.05. The molecule has 1 aromatic carbocycles. The van der Waals surface area contributed by atoms with Gasteiger partial charge in [0.1, 0.15) is 11.6 Å². The second kappa shape index (κ2) is 5.23. The molecule has 0 atom stereocenters. The van der Waals surface area contributed by atoms with Crippen molar-refractivity contribution in [3.8, 4) is 6.07 Å². The van der Waals surface area contributed by atoms with Crippen LogP contribution in [0.25, 0.3) is 0 Å². The lowest BCUT2D eigenvalue weighted by molar-refractivity contribution is 0.612. The Kier molecular flexibility index (Phi) is 3.49. The number of benzene rings is 1. The van der Waals surface area contributed by atoms with Crippen molar-refractivity contribution in [1.82, 2.24) is 9.97 Å². The van der Waals surface area contributed by atoms with Crippen LogP contribution in [0.1, 0.15) is 16.8 Å². The molecule has 0 saturated carbocycles. The Morgan fingerprint density at radius 3 is 2.78 bits per heavy atom. The molecule has 0 aliphatic rings. The fraction of sp³-hybridized carbons (Fsp3) is 0.154. The molecule has 0 saturated heterocycles. The lowest BCUT2D eigenvalue weighted by Crippen LogP contribution is -2.05. The van der Waals surface area contributed by atoms with Crippen LogP contribution in [0, 0.1) is 24.1 Å². The van der Waals surface area contributed by atoms with Gasteiger partial charge in [-0.2, -0.15) is 5.26 Å². The van der Waals surface area contributed by atoms with E-state index in [1.165, 1.54) is 6.07 Å². The van der Waals surface area contributed by atoms with Gasteiger partial charge in [-0.15, -0.1) is 0 Å². The maximum absolute atomic E-state index is 13.6. The number of halogens is 1. The molecular weight excluding hydrogens is 231 g/mol. The van der Waals surface area contributed by atoms with E-state index in [9.17, 15) is 4.39 Å². The minimum absolute atomic E-state index is 0.303. The average Bonchev–Trinajstić information content (AvgIpc) is 2.39. The maximum Gasteiger partial charge on any atom is 0.147 e. The van der Waals surface area contributed by atoms with Gasteiger partial charge >= 0.3 is 0 Å². The van der Waals surface area contributed by atoms with Gasteiger partial charge in [-0.05, 0) is 19.1 Å². The predicted molar refractivity (Wildman–Crippen MR) is 65.2 cm³/mol. The number of nitrogens with one attached hydrogen (secondary N) is 1. The van der Waals surface area contributed by atoms with Crippen LogP contribution in [-0.2, 0) is 6.54 Å². The molecule has 1 N–H and O–H groups in total. The van der Waals surface area contributed by atoms with Crippen LogP contribution in [0.5, 0.6) is 0 Å². The average molecular weight is 242 g/mol. The van der Waals surface area contributed by atoms with Crippen LogP contribution in [-0.4, -0.2) is 9.97 Å². The van der Waals surface area contributed by atoms with Gasteiger partial charge < -0.3 is 5.32 Å². The minimum atomic E-state index is -0.400. The number of anilines is 1.